The number of fused-ring (bicyclic) bond motifs is 1. The summed E-state index contributed by atoms with van der Waals surface area (Å²) >= 11 is 0. The first kappa shape index (κ1) is 14.2. The van der Waals surface area contributed by atoms with Crippen LogP contribution in [0.1, 0.15) is 5.69 Å². The molecule has 21 heavy (non-hydrogen) atoms. The molecule has 4 heteroatoms. The number of rotatable bonds is 3. The maximum Gasteiger partial charge on any atom is 0.157 e. The summed E-state index contributed by atoms with van der Waals surface area (Å²) in [7, 11) is 4.10. The molecule has 110 valence electrons. The Hall–Kier alpha value is -1.78. The second-order valence-corrected chi connectivity index (χ2v) is 5.90. The second kappa shape index (κ2) is 5.92. The van der Waals surface area contributed by atoms with Gasteiger partial charge in [-0.05, 0) is 26.2 Å². The zero-order valence-corrected chi connectivity index (χ0v) is 12.6. The Bertz CT molecular complexity index is 655. The van der Waals surface area contributed by atoms with Crippen LogP contribution in [0.4, 0.5) is 0 Å². The van der Waals surface area contributed by atoms with Crippen molar-refractivity contribution in [2.24, 2.45) is 0 Å². The molecule has 1 atom stereocenters. The summed E-state index contributed by atoms with van der Waals surface area (Å²) < 4.78 is 0. The van der Waals surface area contributed by atoms with Crippen LogP contribution >= 0.6 is 0 Å². The van der Waals surface area contributed by atoms with Gasteiger partial charge < -0.3 is 4.90 Å². The van der Waals surface area contributed by atoms with Gasteiger partial charge in [-0.15, -0.1) is 0 Å². The number of carbonyl (C=O) groups is 1. The summed E-state index contributed by atoms with van der Waals surface area (Å²) in [6, 6.07) is 12.0. The van der Waals surface area contributed by atoms with Gasteiger partial charge in [0.2, 0.25) is 0 Å². The summed E-state index contributed by atoms with van der Waals surface area (Å²) in [5, 5.41) is 1.11. The number of carbonyl (C=O) groups excluding carboxylic acids is 1. The number of pyridine rings is 1. The van der Waals surface area contributed by atoms with Crippen LogP contribution in [-0.4, -0.2) is 60.3 Å². The van der Waals surface area contributed by atoms with Crippen molar-refractivity contribution in [3.63, 3.8) is 0 Å². The van der Waals surface area contributed by atoms with Gasteiger partial charge in [0.05, 0.1) is 18.0 Å². The van der Waals surface area contributed by atoms with Crippen LogP contribution in [0.2, 0.25) is 0 Å². The van der Waals surface area contributed by atoms with Crippen LogP contribution in [0.15, 0.2) is 36.4 Å². The molecule has 1 aromatic carbocycles. The monoisotopic (exact) mass is 283 g/mol. The summed E-state index contributed by atoms with van der Waals surface area (Å²) in [4.78, 5) is 21.5. The van der Waals surface area contributed by atoms with Crippen LogP contribution in [0.5, 0.6) is 0 Å². The highest BCUT2D eigenvalue weighted by Crippen LogP contribution is 2.14. The van der Waals surface area contributed by atoms with Crippen molar-refractivity contribution in [2.75, 3.05) is 33.7 Å². The highest BCUT2D eigenvalue weighted by atomic mass is 16.1. The smallest absolute Gasteiger partial charge is 0.157 e. The van der Waals surface area contributed by atoms with Gasteiger partial charge in [-0.1, -0.05) is 24.3 Å². The lowest BCUT2D eigenvalue weighted by Gasteiger charge is -2.36. The Morgan fingerprint density at radius 3 is 2.86 bits per heavy atom. The van der Waals surface area contributed by atoms with Crippen LogP contribution in [0, 0.1) is 0 Å². The predicted molar refractivity (Wildman–Crippen MR) is 84.4 cm³/mol. The van der Waals surface area contributed by atoms with E-state index in [1.807, 2.05) is 43.4 Å². The highest BCUT2D eigenvalue weighted by Gasteiger charge is 2.28. The second-order valence-electron chi connectivity index (χ2n) is 5.90. The fourth-order valence-corrected chi connectivity index (χ4v) is 2.86. The van der Waals surface area contributed by atoms with E-state index in [9.17, 15) is 4.79 Å². The molecule has 1 aromatic heterocycles. The number of ketones is 1. The number of Topliss-reactive ketones (excluding diaryl/α,β-unsaturated/α-hetero) is 1. The third-order valence-electron chi connectivity index (χ3n) is 4.23. The molecule has 1 saturated heterocycles. The molecule has 0 N–H and O–H groups in total. The normalized spacial score (nSPS) is 20.8. The molecule has 1 aliphatic rings. The minimum Gasteiger partial charge on any atom is -0.303 e. The molecule has 2 aromatic rings. The first-order valence-electron chi connectivity index (χ1n) is 7.39. The molecule has 2 heterocycles. The van der Waals surface area contributed by atoms with Crippen molar-refractivity contribution in [3.05, 3.63) is 42.1 Å². The van der Waals surface area contributed by atoms with Gasteiger partial charge in [-0.25, -0.2) is 0 Å². The number of hydrogen-bond donors (Lipinski definition) is 0. The topological polar surface area (TPSA) is 36.4 Å². The third-order valence-corrected chi connectivity index (χ3v) is 4.23. The zero-order valence-electron chi connectivity index (χ0n) is 12.6. The first-order chi connectivity index (χ1) is 10.1. The maximum absolute atomic E-state index is 12.6. The molecule has 1 unspecified atom stereocenters. The first-order valence-corrected chi connectivity index (χ1v) is 7.39. The van der Waals surface area contributed by atoms with Gasteiger partial charge in [-0.3, -0.25) is 14.7 Å². The Morgan fingerprint density at radius 2 is 2.00 bits per heavy atom. The maximum atomic E-state index is 12.6. The molecular formula is C17H21N3O. The molecule has 3 rings (SSSR count). The summed E-state index contributed by atoms with van der Waals surface area (Å²) in [5.41, 5.74) is 1.82. The minimum absolute atomic E-state index is 0.0166. The van der Waals surface area contributed by atoms with E-state index in [4.69, 9.17) is 0 Å². The molecule has 0 aliphatic carbocycles. The molecule has 0 saturated carbocycles. The average Bonchev–Trinajstić information content (AvgIpc) is 2.49. The Labute approximate surface area is 125 Å². The van der Waals surface area contributed by atoms with E-state index >= 15 is 0 Å². The van der Waals surface area contributed by atoms with E-state index in [1.54, 1.807) is 0 Å². The molecule has 0 amide bonds. The lowest BCUT2D eigenvalue weighted by Crippen LogP contribution is -2.53. The Morgan fingerprint density at radius 1 is 1.19 bits per heavy atom. The molecule has 0 radical (unpaired) electrons. The molecule has 1 fully saturated rings. The number of aromatic nitrogens is 1. The van der Waals surface area contributed by atoms with Gasteiger partial charge in [0.25, 0.3) is 0 Å². The highest BCUT2D eigenvalue weighted by molar-refractivity contribution is 5.87. The van der Waals surface area contributed by atoms with Crippen LogP contribution in [0.25, 0.3) is 10.9 Å². The van der Waals surface area contributed by atoms with Crippen molar-refractivity contribution < 1.29 is 4.79 Å². The molecule has 0 bridgehead atoms. The largest absolute Gasteiger partial charge is 0.303 e. The van der Waals surface area contributed by atoms with E-state index in [1.165, 1.54) is 0 Å². The van der Waals surface area contributed by atoms with Crippen LogP contribution in [0.3, 0.4) is 0 Å². The van der Waals surface area contributed by atoms with Crippen molar-refractivity contribution in [1.29, 1.82) is 0 Å². The fraction of sp³-hybridized carbons (Fsp3) is 0.412. The standard InChI is InChI=1S/C17H21N3O/c1-19-9-10-20(2)16(12-19)17(21)11-14-8-7-13-5-3-4-6-15(13)18-14/h3-8,16H,9-12H2,1-2H3. The Balaban J connectivity index is 1.76. The molecule has 0 spiro atoms. The van der Waals surface area contributed by atoms with E-state index < -0.39 is 0 Å². The third kappa shape index (κ3) is 3.12. The fourth-order valence-electron chi connectivity index (χ4n) is 2.86. The van der Waals surface area contributed by atoms with Crippen LogP contribution < -0.4 is 0 Å². The van der Waals surface area contributed by atoms with Gasteiger partial charge in [0.15, 0.2) is 5.78 Å². The van der Waals surface area contributed by atoms with Gasteiger partial charge in [0, 0.05) is 30.7 Å². The van der Waals surface area contributed by atoms with Gasteiger partial charge in [-0.2, -0.15) is 0 Å². The van der Waals surface area contributed by atoms with E-state index in [-0.39, 0.29) is 11.8 Å². The average molecular weight is 283 g/mol. The number of para-hydroxylation sites is 1. The lowest BCUT2D eigenvalue weighted by atomic mass is 10.0. The number of benzene rings is 1. The van der Waals surface area contributed by atoms with E-state index in [2.05, 4.69) is 21.8 Å². The predicted octanol–water partition coefficient (Wildman–Crippen LogP) is 1.59. The SMILES string of the molecule is CN1CCN(C)C(C(=O)Cc2ccc3ccccc3n2)C1. The number of piperazine rings is 1. The van der Waals surface area contributed by atoms with E-state index in [0.29, 0.717) is 6.42 Å². The number of nitrogens with zero attached hydrogens (tertiary/aromatic N) is 3. The van der Waals surface area contributed by atoms with Crippen molar-refractivity contribution in [3.8, 4) is 0 Å². The number of hydrogen-bond acceptors (Lipinski definition) is 4. The van der Waals surface area contributed by atoms with E-state index in [0.717, 1.165) is 36.2 Å². The minimum atomic E-state index is -0.0166. The van der Waals surface area contributed by atoms with Crippen molar-refractivity contribution >= 4 is 16.7 Å². The van der Waals surface area contributed by atoms with Crippen molar-refractivity contribution in [1.82, 2.24) is 14.8 Å². The molecule has 4 nitrogen and oxygen atoms in total. The van der Waals surface area contributed by atoms with Crippen LogP contribution in [-0.2, 0) is 11.2 Å². The lowest BCUT2D eigenvalue weighted by molar-refractivity contribution is -0.125. The Kier molecular flexibility index (Phi) is 3.99. The number of likely N-dealkylation sites (N-methyl/N-ethyl adjacent to an activating group) is 2. The summed E-state index contributed by atoms with van der Waals surface area (Å²) in [6.07, 6.45) is 0.410. The zero-order chi connectivity index (χ0) is 14.8. The quantitative estimate of drug-likeness (QED) is 0.857. The summed E-state index contributed by atoms with van der Waals surface area (Å²) in [5.74, 6) is 0.256. The van der Waals surface area contributed by atoms with Gasteiger partial charge in [0.1, 0.15) is 0 Å². The molecular weight excluding hydrogens is 262 g/mol. The summed E-state index contributed by atoms with van der Waals surface area (Å²) in [6.45, 7) is 2.77. The molecule has 1 aliphatic heterocycles. The van der Waals surface area contributed by atoms with Gasteiger partial charge >= 0.3 is 0 Å². The van der Waals surface area contributed by atoms with Crippen molar-refractivity contribution in [2.45, 2.75) is 12.5 Å².